The van der Waals surface area contributed by atoms with E-state index in [1.807, 2.05) is 14.0 Å². The second-order valence-corrected chi connectivity index (χ2v) is 6.42. The van der Waals surface area contributed by atoms with E-state index in [1.54, 1.807) is 0 Å². The van der Waals surface area contributed by atoms with Gasteiger partial charge in [-0.25, -0.2) is 9.97 Å². The maximum Gasteiger partial charge on any atom is 0.433 e. The minimum Gasteiger partial charge on any atom is -0.339 e. The molecule has 0 radical (unpaired) electrons. The number of aryl methyl sites for hydroxylation is 2. The largest absolute Gasteiger partial charge is 0.433 e. The molecule has 1 aliphatic rings. The van der Waals surface area contributed by atoms with Gasteiger partial charge >= 0.3 is 6.18 Å². The summed E-state index contributed by atoms with van der Waals surface area (Å²) in [5.41, 5.74) is -0.222. The normalized spacial score (nSPS) is 18.9. The highest BCUT2D eigenvalue weighted by Crippen LogP contribution is 2.38. The van der Waals surface area contributed by atoms with Crippen molar-refractivity contribution in [2.75, 3.05) is 7.05 Å². The lowest BCUT2D eigenvalue weighted by molar-refractivity contribution is -0.142. The number of nitrogens with one attached hydrogen (secondary N) is 1. The van der Waals surface area contributed by atoms with E-state index >= 15 is 0 Å². The van der Waals surface area contributed by atoms with Gasteiger partial charge in [-0.05, 0) is 40.2 Å². The van der Waals surface area contributed by atoms with Crippen molar-refractivity contribution in [1.82, 2.24) is 25.4 Å². The van der Waals surface area contributed by atoms with Crippen LogP contribution in [0, 0.1) is 6.92 Å². The molecule has 0 bridgehead atoms. The summed E-state index contributed by atoms with van der Waals surface area (Å²) in [6.45, 7) is 3.47. The molecule has 6 nitrogen and oxygen atoms in total. The van der Waals surface area contributed by atoms with Gasteiger partial charge in [0.15, 0.2) is 11.5 Å². The van der Waals surface area contributed by atoms with Gasteiger partial charge in [0, 0.05) is 29.6 Å². The Balaban J connectivity index is 1.86. The third-order valence-electron chi connectivity index (χ3n) is 4.47. The molecule has 25 heavy (non-hydrogen) atoms. The van der Waals surface area contributed by atoms with E-state index < -0.39 is 11.9 Å². The number of rotatable bonds is 4. The third-order valence-corrected chi connectivity index (χ3v) is 4.47. The number of alkyl halides is 3. The fraction of sp³-hybridized carbons (Fsp3) is 0.625. The van der Waals surface area contributed by atoms with Crippen LogP contribution in [0.5, 0.6) is 0 Å². The number of hydrogen-bond donors (Lipinski definition) is 1. The molecule has 0 spiro atoms. The van der Waals surface area contributed by atoms with Crippen molar-refractivity contribution in [3.63, 3.8) is 0 Å². The first kappa shape index (κ1) is 17.8. The van der Waals surface area contributed by atoms with Crippen LogP contribution in [0.1, 0.15) is 53.8 Å². The van der Waals surface area contributed by atoms with Gasteiger partial charge in [-0.15, -0.1) is 0 Å². The maximum absolute atomic E-state index is 13.3. The minimum absolute atomic E-state index is 0.144. The molecule has 0 amide bonds. The zero-order valence-electron chi connectivity index (χ0n) is 14.3. The number of halogens is 3. The highest BCUT2D eigenvalue weighted by Gasteiger charge is 2.39. The molecule has 2 aromatic rings. The molecule has 0 fully saturated rings. The predicted molar refractivity (Wildman–Crippen MR) is 83.1 cm³/mol. The average molecular weight is 355 g/mol. The highest BCUT2D eigenvalue weighted by molar-refractivity contribution is 5.32. The van der Waals surface area contributed by atoms with E-state index in [2.05, 4.69) is 25.4 Å². The fourth-order valence-corrected chi connectivity index (χ4v) is 3.07. The van der Waals surface area contributed by atoms with Crippen LogP contribution in [-0.4, -0.2) is 33.2 Å². The second-order valence-electron chi connectivity index (χ2n) is 6.42. The molecule has 3 rings (SSSR count). The van der Waals surface area contributed by atoms with Crippen LogP contribution in [0.15, 0.2) is 4.52 Å². The van der Waals surface area contributed by atoms with Crippen LogP contribution in [0.2, 0.25) is 0 Å². The van der Waals surface area contributed by atoms with E-state index in [9.17, 15) is 13.2 Å². The fourth-order valence-electron chi connectivity index (χ4n) is 3.07. The van der Waals surface area contributed by atoms with Crippen molar-refractivity contribution in [1.29, 1.82) is 0 Å². The topological polar surface area (TPSA) is 76.7 Å². The zero-order valence-corrected chi connectivity index (χ0v) is 14.3. The van der Waals surface area contributed by atoms with Gasteiger partial charge in [-0.1, -0.05) is 5.16 Å². The number of nitrogens with zero attached hydrogens (tertiary/aromatic N) is 4. The molecule has 0 saturated heterocycles. The van der Waals surface area contributed by atoms with E-state index in [0.29, 0.717) is 36.7 Å². The molecular weight excluding hydrogens is 335 g/mol. The average Bonchev–Trinajstić information content (AvgIpc) is 3.01. The lowest BCUT2D eigenvalue weighted by atomic mass is 9.85. The van der Waals surface area contributed by atoms with E-state index in [4.69, 9.17) is 4.52 Å². The Morgan fingerprint density at radius 1 is 1.28 bits per heavy atom. The van der Waals surface area contributed by atoms with Crippen LogP contribution in [-0.2, 0) is 25.4 Å². The van der Waals surface area contributed by atoms with Crippen molar-refractivity contribution >= 4 is 0 Å². The predicted octanol–water partition coefficient (Wildman–Crippen LogP) is 2.61. The lowest BCUT2D eigenvalue weighted by Crippen LogP contribution is -2.24. The molecule has 0 aromatic carbocycles. The molecule has 2 aromatic heterocycles. The minimum atomic E-state index is -4.50. The SMILES string of the molecule is CNC(C)Cc1noc(C2CCc3nc(C)nc(C(F)(F)F)c3C2)n1. The van der Waals surface area contributed by atoms with Gasteiger partial charge < -0.3 is 9.84 Å². The molecule has 2 heterocycles. The standard InChI is InChI=1S/C16H20F3N5O/c1-8(20-3)6-13-23-15(25-24-13)10-4-5-12-11(7-10)14(16(17,18)19)22-9(2)21-12/h8,10,20H,4-7H2,1-3H3. The zero-order chi connectivity index (χ0) is 18.2. The van der Waals surface area contributed by atoms with Crippen molar-refractivity contribution in [3.8, 4) is 0 Å². The van der Waals surface area contributed by atoms with Crippen LogP contribution >= 0.6 is 0 Å². The number of likely N-dealkylation sites (N-methyl/N-ethyl adjacent to an activating group) is 1. The van der Waals surface area contributed by atoms with Gasteiger partial charge in [0.05, 0.1) is 0 Å². The van der Waals surface area contributed by atoms with Gasteiger partial charge in [0.25, 0.3) is 0 Å². The third kappa shape index (κ3) is 3.81. The van der Waals surface area contributed by atoms with Gasteiger partial charge in [0.1, 0.15) is 5.82 Å². The van der Waals surface area contributed by atoms with Crippen molar-refractivity contribution in [2.24, 2.45) is 0 Å². The number of aromatic nitrogens is 4. The number of fused-ring (bicyclic) bond motifs is 1. The Kier molecular flexibility index (Phi) is 4.77. The van der Waals surface area contributed by atoms with Crippen LogP contribution in [0.4, 0.5) is 13.2 Å². The van der Waals surface area contributed by atoms with Crippen molar-refractivity contribution in [3.05, 3.63) is 34.5 Å². The van der Waals surface area contributed by atoms with Crippen LogP contribution in [0.25, 0.3) is 0 Å². The smallest absolute Gasteiger partial charge is 0.339 e. The first-order valence-electron chi connectivity index (χ1n) is 8.21. The maximum atomic E-state index is 13.3. The van der Waals surface area contributed by atoms with E-state index in [1.165, 1.54) is 6.92 Å². The first-order valence-corrected chi connectivity index (χ1v) is 8.21. The Morgan fingerprint density at radius 2 is 2.04 bits per heavy atom. The Hall–Kier alpha value is -2.03. The second kappa shape index (κ2) is 6.70. The Morgan fingerprint density at radius 3 is 2.72 bits per heavy atom. The highest BCUT2D eigenvalue weighted by atomic mass is 19.4. The van der Waals surface area contributed by atoms with Crippen molar-refractivity contribution in [2.45, 2.75) is 57.7 Å². The lowest BCUT2D eigenvalue weighted by Gasteiger charge is -2.24. The molecule has 0 aliphatic heterocycles. The molecule has 136 valence electrons. The summed E-state index contributed by atoms with van der Waals surface area (Å²) >= 11 is 0. The van der Waals surface area contributed by atoms with Gasteiger partial charge in [0.2, 0.25) is 5.89 Å². The molecule has 1 aliphatic carbocycles. The van der Waals surface area contributed by atoms with E-state index in [-0.39, 0.29) is 29.8 Å². The Labute approximate surface area is 143 Å². The summed E-state index contributed by atoms with van der Waals surface area (Å²) in [6, 6.07) is 0.186. The number of hydrogen-bond acceptors (Lipinski definition) is 6. The van der Waals surface area contributed by atoms with E-state index in [0.717, 1.165) is 0 Å². The summed E-state index contributed by atoms with van der Waals surface area (Å²) in [6.07, 6.45) is -2.67. The molecule has 0 saturated carbocycles. The molecule has 1 N–H and O–H groups in total. The van der Waals surface area contributed by atoms with Gasteiger partial charge in [-0.3, -0.25) is 0 Å². The molecule has 2 unspecified atom stereocenters. The summed E-state index contributed by atoms with van der Waals surface area (Å²) < 4.78 is 45.3. The molecular formula is C16H20F3N5O. The molecule has 2 atom stereocenters. The Bertz CT molecular complexity index is 759. The monoisotopic (exact) mass is 355 g/mol. The van der Waals surface area contributed by atoms with Crippen molar-refractivity contribution < 1.29 is 17.7 Å². The summed E-state index contributed by atoms with van der Waals surface area (Å²) in [5.74, 6) is 0.841. The van der Waals surface area contributed by atoms with Crippen LogP contribution in [0.3, 0.4) is 0 Å². The quantitative estimate of drug-likeness (QED) is 0.908. The van der Waals surface area contributed by atoms with Crippen LogP contribution < -0.4 is 5.32 Å². The summed E-state index contributed by atoms with van der Waals surface area (Å²) in [4.78, 5) is 12.2. The van der Waals surface area contributed by atoms with Gasteiger partial charge in [-0.2, -0.15) is 18.2 Å². The summed E-state index contributed by atoms with van der Waals surface area (Å²) in [5, 5.41) is 7.02. The molecule has 9 heteroatoms. The first-order chi connectivity index (χ1) is 11.8. The summed E-state index contributed by atoms with van der Waals surface area (Å²) in [7, 11) is 1.84.